The first-order chi connectivity index (χ1) is 8.81. The number of benzene rings is 1. The van der Waals surface area contributed by atoms with Crippen LogP contribution in [-0.2, 0) is 0 Å². The Morgan fingerprint density at radius 2 is 2.06 bits per heavy atom. The monoisotopic (exact) mass is 245 g/mol. The highest BCUT2D eigenvalue weighted by atomic mass is 16.1. The van der Waals surface area contributed by atoms with E-state index in [1.807, 2.05) is 30.3 Å². The van der Waals surface area contributed by atoms with Crippen LogP contribution in [0.5, 0.6) is 0 Å². The highest BCUT2D eigenvalue weighted by Gasteiger charge is 2.28. The van der Waals surface area contributed by atoms with Crippen LogP contribution in [0.2, 0.25) is 0 Å². The fraction of sp³-hybridized carbons (Fsp3) is 0.562. The Kier molecular flexibility index (Phi) is 4.80. The number of carbonyl (C=O) groups excluding carboxylic acids is 1. The summed E-state index contributed by atoms with van der Waals surface area (Å²) in [7, 11) is 0. The van der Waals surface area contributed by atoms with E-state index in [2.05, 4.69) is 12.2 Å². The largest absolute Gasteiger partial charge is 0.349 e. The zero-order chi connectivity index (χ0) is 12.8. The van der Waals surface area contributed by atoms with Crippen molar-refractivity contribution in [3.8, 4) is 0 Å². The highest BCUT2D eigenvalue weighted by Crippen LogP contribution is 2.31. The fourth-order valence-corrected chi connectivity index (χ4v) is 2.53. The quantitative estimate of drug-likeness (QED) is 0.812. The van der Waals surface area contributed by atoms with Gasteiger partial charge in [-0.2, -0.15) is 0 Å². The third-order valence-corrected chi connectivity index (χ3v) is 3.94. The molecule has 1 fully saturated rings. The van der Waals surface area contributed by atoms with Gasteiger partial charge in [0.25, 0.3) is 5.91 Å². The van der Waals surface area contributed by atoms with Crippen LogP contribution in [0.1, 0.15) is 55.8 Å². The normalized spacial score (nSPS) is 16.9. The predicted molar refractivity (Wildman–Crippen MR) is 74.6 cm³/mol. The smallest absolute Gasteiger partial charge is 0.251 e. The van der Waals surface area contributed by atoms with Crippen molar-refractivity contribution in [1.82, 2.24) is 5.32 Å². The summed E-state index contributed by atoms with van der Waals surface area (Å²) in [4.78, 5) is 12.2. The van der Waals surface area contributed by atoms with Gasteiger partial charge in [-0.25, -0.2) is 0 Å². The van der Waals surface area contributed by atoms with Crippen molar-refractivity contribution < 1.29 is 4.79 Å². The second kappa shape index (κ2) is 6.58. The second-order valence-electron chi connectivity index (χ2n) is 5.28. The Morgan fingerprint density at radius 1 is 1.33 bits per heavy atom. The summed E-state index contributed by atoms with van der Waals surface area (Å²) >= 11 is 0. The van der Waals surface area contributed by atoms with E-state index in [0.29, 0.717) is 12.0 Å². The number of unbranched alkanes of at least 4 members (excludes halogenated alkanes) is 1. The molecule has 1 N–H and O–H groups in total. The molecule has 1 amide bonds. The first-order valence-corrected chi connectivity index (χ1v) is 7.17. The van der Waals surface area contributed by atoms with Crippen molar-refractivity contribution in [2.45, 2.75) is 51.5 Å². The lowest BCUT2D eigenvalue weighted by molar-refractivity contribution is 0.0895. The molecule has 0 bridgehead atoms. The zero-order valence-corrected chi connectivity index (χ0v) is 11.2. The highest BCUT2D eigenvalue weighted by molar-refractivity contribution is 5.94. The van der Waals surface area contributed by atoms with Gasteiger partial charge >= 0.3 is 0 Å². The van der Waals surface area contributed by atoms with E-state index in [1.54, 1.807) is 0 Å². The fourth-order valence-electron chi connectivity index (χ4n) is 2.53. The van der Waals surface area contributed by atoms with E-state index in [-0.39, 0.29) is 5.91 Å². The molecular formula is C16H23NO. The van der Waals surface area contributed by atoms with Gasteiger partial charge in [-0.15, -0.1) is 0 Å². The average Bonchev–Trinajstić information content (AvgIpc) is 2.34. The van der Waals surface area contributed by atoms with Crippen molar-refractivity contribution in [3.05, 3.63) is 35.9 Å². The summed E-state index contributed by atoms with van der Waals surface area (Å²) in [6, 6.07) is 9.92. The van der Waals surface area contributed by atoms with E-state index < -0.39 is 0 Å². The SMILES string of the molecule is CCCC[C@H](NC(=O)c1ccccc1)C1CCC1. The summed E-state index contributed by atoms with van der Waals surface area (Å²) in [5.74, 6) is 0.799. The standard InChI is InChI=1S/C16H23NO/c1-2-3-12-15(13-10-7-11-13)17-16(18)14-8-5-4-6-9-14/h4-6,8-9,13,15H,2-3,7,10-12H2,1H3,(H,17,18)/t15-/m0/s1. The Balaban J connectivity index is 1.93. The van der Waals surface area contributed by atoms with Gasteiger partial charge in [0.2, 0.25) is 0 Å². The van der Waals surface area contributed by atoms with Crippen molar-refractivity contribution in [1.29, 1.82) is 0 Å². The van der Waals surface area contributed by atoms with E-state index in [1.165, 1.54) is 32.1 Å². The molecule has 1 aliphatic rings. The molecule has 1 saturated carbocycles. The molecule has 0 saturated heterocycles. The maximum absolute atomic E-state index is 12.2. The number of hydrogen-bond acceptors (Lipinski definition) is 1. The summed E-state index contributed by atoms with van der Waals surface area (Å²) in [6.45, 7) is 2.21. The minimum Gasteiger partial charge on any atom is -0.349 e. The third kappa shape index (κ3) is 3.34. The van der Waals surface area contributed by atoms with Crippen molar-refractivity contribution in [2.75, 3.05) is 0 Å². The Morgan fingerprint density at radius 3 is 2.61 bits per heavy atom. The molecule has 2 rings (SSSR count). The molecule has 0 radical (unpaired) electrons. The molecule has 2 nitrogen and oxygen atoms in total. The minimum absolute atomic E-state index is 0.0867. The Hall–Kier alpha value is -1.31. The molecular weight excluding hydrogens is 222 g/mol. The van der Waals surface area contributed by atoms with Gasteiger partial charge in [0, 0.05) is 11.6 Å². The Bertz CT molecular complexity index is 370. The lowest BCUT2D eigenvalue weighted by Crippen LogP contribution is -2.42. The van der Waals surface area contributed by atoms with Crippen LogP contribution in [0.3, 0.4) is 0 Å². The third-order valence-electron chi connectivity index (χ3n) is 3.94. The number of amides is 1. The molecule has 1 aliphatic carbocycles. The van der Waals surface area contributed by atoms with Crippen molar-refractivity contribution in [3.63, 3.8) is 0 Å². The summed E-state index contributed by atoms with van der Waals surface area (Å²) in [6.07, 6.45) is 7.42. The van der Waals surface area contributed by atoms with Gasteiger partial charge in [-0.05, 0) is 37.3 Å². The molecule has 0 unspecified atom stereocenters. The van der Waals surface area contributed by atoms with Crippen LogP contribution in [0.15, 0.2) is 30.3 Å². The summed E-state index contributed by atoms with van der Waals surface area (Å²) in [5.41, 5.74) is 0.776. The van der Waals surface area contributed by atoms with E-state index in [0.717, 1.165) is 12.0 Å². The molecule has 1 atom stereocenters. The second-order valence-corrected chi connectivity index (χ2v) is 5.28. The van der Waals surface area contributed by atoms with E-state index in [9.17, 15) is 4.79 Å². The number of hydrogen-bond donors (Lipinski definition) is 1. The summed E-state index contributed by atoms with van der Waals surface area (Å²) < 4.78 is 0. The average molecular weight is 245 g/mol. The van der Waals surface area contributed by atoms with Gasteiger partial charge in [-0.3, -0.25) is 4.79 Å². The van der Waals surface area contributed by atoms with Gasteiger partial charge in [0.1, 0.15) is 0 Å². The van der Waals surface area contributed by atoms with Gasteiger partial charge in [0.15, 0.2) is 0 Å². The van der Waals surface area contributed by atoms with Crippen LogP contribution in [0, 0.1) is 5.92 Å². The molecule has 0 aromatic heterocycles. The maximum Gasteiger partial charge on any atom is 0.251 e. The van der Waals surface area contributed by atoms with Crippen LogP contribution >= 0.6 is 0 Å². The number of nitrogens with one attached hydrogen (secondary N) is 1. The molecule has 1 aromatic rings. The summed E-state index contributed by atoms with van der Waals surface area (Å²) in [5, 5.41) is 3.23. The molecule has 1 aromatic carbocycles. The molecule has 0 spiro atoms. The number of rotatable bonds is 6. The molecule has 18 heavy (non-hydrogen) atoms. The lowest BCUT2D eigenvalue weighted by Gasteiger charge is -2.34. The van der Waals surface area contributed by atoms with Crippen LogP contribution in [0.25, 0.3) is 0 Å². The number of carbonyl (C=O) groups is 1. The zero-order valence-electron chi connectivity index (χ0n) is 11.2. The molecule has 0 heterocycles. The predicted octanol–water partition coefficient (Wildman–Crippen LogP) is 3.78. The van der Waals surface area contributed by atoms with Crippen molar-refractivity contribution >= 4 is 5.91 Å². The maximum atomic E-state index is 12.2. The molecule has 0 aliphatic heterocycles. The van der Waals surface area contributed by atoms with E-state index in [4.69, 9.17) is 0 Å². The van der Waals surface area contributed by atoms with Gasteiger partial charge < -0.3 is 5.32 Å². The molecule has 98 valence electrons. The topological polar surface area (TPSA) is 29.1 Å². The first-order valence-electron chi connectivity index (χ1n) is 7.17. The van der Waals surface area contributed by atoms with Gasteiger partial charge in [-0.1, -0.05) is 44.4 Å². The molecule has 2 heteroatoms. The van der Waals surface area contributed by atoms with Crippen LogP contribution in [0.4, 0.5) is 0 Å². The van der Waals surface area contributed by atoms with Gasteiger partial charge in [0.05, 0.1) is 0 Å². The van der Waals surface area contributed by atoms with E-state index >= 15 is 0 Å². The first kappa shape index (κ1) is 13.1. The minimum atomic E-state index is 0.0867. The Labute approximate surface area is 110 Å². The van der Waals surface area contributed by atoms with Crippen molar-refractivity contribution in [2.24, 2.45) is 5.92 Å². The van der Waals surface area contributed by atoms with Crippen LogP contribution in [-0.4, -0.2) is 11.9 Å². The lowest BCUT2D eigenvalue weighted by atomic mass is 9.78. The van der Waals surface area contributed by atoms with Crippen LogP contribution < -0.4 is 5.32 Å².